The van der Waals surface area contributed by atoms with Crippen molar-refractivity contribution in [3.05, 3.63) is 40.7 Å². The molecule has 3 aromatic heterocycles. The Morgan fingerprint density at radius 1 is 1.12 bits per heavy atom. The Hall–Kier alpha value is -2.82. The summed E-state index contributed by atoms with van der Waals surface area (Å²) in [4.78, 5) is 33.6. The molecule has 0 bridgehead atoms. The van der Waals surface area contributed by atoms with Crippen LogP contribution < -0.4 is 10.6 Å². The fourth-order valence-electron chi connectivity index (χ4n) is 4.57. The number of piperidine rings is 1. The van der Waals surface area contributed by atoms with Gasteiger partial charge in [-0.1, -0.05) is 0 Å². The summed E-state index contributed by atoms with van der Waals surface area (Å²) in [7, 11) is 2.09. The first kappa shape index (κ1) is 22.9. The van der Waals surface area contributed by atoms with Gasteiger partial charge in [-0.3, -0.25) is 14.3 Å². The quantitative estimate of drug-likeness (QED) is 0.579. The van der Waals surface area contributed by atoms with Crippen LogP contribution in [-0.4, -0.2) is 70.9 Å². The lowest BCUT2D eigenvalue weighted by Crippen LogP contribution is -2.43. The van der Waals surface area contributed by atoms with E-state index < -0.39 is 0 Å². The van der Waals surface area contributed by atoms with Crippen LogP contribution in [0.1, 0.15) is 57.6 Å². The van der Waals surface area contributed by atoms with E-state index in [4.69, 9.17) is 9.84 Å². The van der Waals surface area contributed by atoms with Crippen LogP contribution in [0.25, 0.3) is 10.2 Å². The molecule has 2 aliphatic heterocycles. The minimum atomic E-state index is -0.190. The third kappa shape index (κ3) is 4.84. The number of hydrogen-bond acceptors (Lipinski definition) is 7. The average molecular weight is 483 g/mol. The number of fused-ring (bicyclic) bond motifs is 1. The third-order valence-corrected chi connectivity index (χ3v) is 7.76. The van der Waals surface area contributed by atoms with Gasteiger partial charge >= 0.3 is 0 Å². The summed E-state index contributed by atoms with van der Waals surface area (Å²) in [5, 5.41) is 11.7. The summed E-state index contributed by atoms with van der Waals surface area (Å²) in [6.45, 7) is 5.42. The molecule has 2 N–H and O–H groups in total. The van der Waals surface area contributed by atoms with E-state index in [1.807, 2.05) is 13.0 Å². The molecule has 5 heterocycles. The molecule has 2 aliphatic rings. The summed E-state index contributed by atoms with van der Waals surface area (Å²) < 4.78 is 7.54. The second-order valence-electron chi connectivity index (χ2n) is 9.14. The molecule has 2 fully saturated rings. The van der Waals surface area contributed by atoms with Gasteiger partial charge < -0.3 is 20.3 Å². The summed E-state index contributed by atoms with van der Waals surface area (Å²) in [5.74, 6) is -0.366. The molecule has 180 valence electrons. The van der Waals surface area contributed by atoms with Crippen molar-refractivity contribution in [2.24, 2.45) is 0 Å². The molecular formula is C24H30N6O3S. The highest BCUT2D eigenvalue weighted by Crippen LogP contribution is 2.33. The minimum absolute atomic E-state index is 0.176. The van der Waals surface area contributed by atoms with Gasteiger partial charge in [0.25, 0.3) is 11.8 Å². The second kappa shape index (κ2) is 9.81. The zero-order valence-corrected chi connectivity index (χ0v) is 20.4. The van der Waals surface area contributed by atoms with E-state index in [0.717, 1.165) is 67.9 Å². The Bertz CT molecular complexity index is 1170. The van der Waals surface area contributed by atoms with Crippen LogP contribution in [0.5, 0.6) is 0 Å². The number of anilines is 1. The number of nitrogens with zero attached hydrogens (tertiary/aromatic N) is 4. The maximum atomic E-state index is 12.9. The van der Waals surface area contributed by atoms with Gasteiger partial charge in [0.1, 0.15) is 10.5 Å². The van der Waals surface area contributed by atoms with Gasteiger partial charge in [-0.25, -0.2) is 4.98 Å². The zero-order chi connectivity index (χ0) is 23.7. The lowest BCUT2D eigenvalue weighted by atomic mass is 10.1. The van der Waals surface area contributed by atoms with E-state index in [0.29, 0.717) is 22.3 Å². The number of hydrogen-bond donors (Lipinski definition) is 2. The van der Waals surface area contributed by atoms with Crippen molar-refractivity contribution in [2.45, 2.75) is 44.7 Å². The van der Waals surface area contributed by atoms with Gasteiger partial charge in [0.2, 0.25) is 0 Å². The smallest absolute Gasteiger partial charge is 0.270 e. The minimum Gasteiger partial charge on any atom is -0.381 e. The summed E-state index contributed by atoms with van der Waals surface area (Å²) in [6.07, 6.45) is 5.27. The molecule has 2 saturated heterocycles. The van der Waals surface area contributed by atoms with Gasteiger partial charge in [0, 0.05) is 24.6 Å². The third-order valence-electron chi connectivity index (χ3n) is 6.64. The number of amides is 2. The number of rotatable bonds is 5. The van der Waals surface area contributed by atoms with Gasteiger partial charge in [-0.15, -0.1) is 11.3 Å². The van der Waals surface area contributed by atoms with Crippen molar-refractivity contribution in [3.8, 4) is 0 Å². The summed E-state index contributed by atoms with van der Waals surface area (Å²) in [6, 6.07) is 5.76. The Balaban J connectivity index is 1.24. The standard InChI is InChI=1S/C24H30N6O3S/c1-15-19-13-21(34-24(19)30(28-15)18-7-11-33-12-8-18)23(32)27-17-3-4-20(25-14-17)22(31)26-16-5-9-29(2)10-6-16/h3-4,13-14,16,18H,5-12H2,1-2H3,(H,26,31)(H,27,32). The fraction of sp³-hybridized carbons (Fsp3) is 0.500. The molecule has 0 aromatic carbocycles. The summed E-state index contributed by atoms with van der Waals surface area (Å²) in [5.41, 5.74) is 1.84. The van der Waals surface area contributed by atoms with Crippen LogP contribution in [-0.2, 0) is 4.74 Å². The van der Waals surface area contributed by atoms with Crippen LogP contribution in [0.3, 0.4) is 0 Å². The van der Waals surface area contributed by atoms with Crippen LogP contribution in [0, 0.1) is 6.92 Å². The average Bonchev–Trinajstić information content (AvgIpc) is 3.42. The zero-order valence-electron chi connectivity index (χ0n) is 19.5. The molecule has 3 aromatic rings. The molecule has 10 heteroatoms. The van der Waals surface area contributed by atoms with E-state index in [-0.39, 0.29) is 17.9 Å². The summed E-state index contributed by atoms with van der Waals surface area (Å²) >= 11 is 1.45. The number of ether oxygens (including phenoxy) is 1. The van der Waals surface area contributed by atoms with E-state index in [1.165, 1.54) is 17.5 Å². The molecule has 0 saturated carbocycles. The molecule has 34 heavy (non-hydrogen) atoms. The highest BCUT2D eigenvalue weighted by Gasteiger charge is 2.23. The normalized spacial score (nSPS) is 18.3. The number of likely N-dealkylation sites (tertiary alicyclic amines) is 1. The number of carbonyl (C=O) groups is 2. The number of nitrogens with one attached hydrogen (secondary N) is 2. The van der Waals surface area contributed by atoms with Crippen molar-refractivity contribution < 1.29 is 14.3 Å². The molecule has 0 spiro atoms. The molecular weight excluding hydrogens is 452 g/mol. The van der Waals surface area contributed by atoms with Gasteiger partial charge in [-0.05, 0) is 70.9 Å². The monoisotopic (exact) mass is 482 g/mol. The molecule has 5 rings (SSSR count). The topological polar surface area (TPSA) is 101 Å². The lowest BCUT2D eigenvalue weighted by Gasteiger charge is -2.29. The van der Waals surface area contributed by atoms with Crippen molar-refractivity contribution in [1.29, 1.82) is 0 Å². The molecule has 2 amide bonds. The Morgan fingerprint density at radius 3 is 2.59 bits per heavy atom. The largest absolute Gasteiger partial charge is 0.381 e. The van der Waals surface area contributed by atoms with Gasteiger partial charge in [-0.2, -0.15) is 5.10 Å². The number of aromatic nitrogens is 3. The predicted octanol–water partition coefficient (Wildman–Crippen LogP) is 3.23. The Labute approximate surface area is 202 Å². The van der Waals surface area contributed by atoms with Gasteiger partial charge in [0.15, 0.2) is 0 Å². The SMILES string of the molecule is Cc1nn(C2CCOCC2)c2sc(C(=O)Nc3ccc(C(=O)NC4CCN(C)CC4)nc3)cc12. The van der Waals surface area contributed by atoms with Crippen LogP contribution >= 0.6 is 11.3 Å². The van der Waals surface area contributed by atoms with Crippen molar-refractivity contribution >= 4 is 39.1 Å². The van der Waals surface area contributed by atoms with Crippen molar-refractivity contribution in [3.63, 3.8) is 0 Å². The maximum Gasteiger partial charge on any atom is 0.270 e. The Kier molecular flexibility index (Phi) is 6.62. The molecule has 0 atom stereocenters. The number of thiophene rings is 1. The number of aryl methyl sites for hydroxylation is 1. The molecule has 0 unspecified atom stereocenters. The molecule has 9 nitrogen and oxygen atoms in total. The first-order chi connectivity index (χ1) is 16.5. The first-order valence-electron chi connectivity index (χ1n) is 11.8. The fourth-order valence-corrected chi connectivity index (χ4v) is 5.70. The van der Waals surface area contributed by atoms with Crippen molar-refractivity contribution in [1.82, 2.24) is 25.0 Å². The van der Waals surface area contributed by atoms with Gasteiger partial charge in [0.05, 0.1) is 28.5 Å². The molecule has 0 aliphatic carbocycles. The van der Waals surface area contributed by atoms with E-state index in [1.54, 1.807) is 12.1 Å². The van der Waals surface area contributed by atoms with Crippen molar-refractivity contribution in [2.75, 3.05) is 38.7 Å². The highest BCUT2D eigenvalue weighted by molar-refractivity contribution is 7.20. The first-order valence-corrected chi connectivity index (χ1v) is 12.6. The van der Waals surface area contributed by atoms with E-state index >= 15 is 0 Å². The maximum absolute atomic E-state index is 12.9. The highest BCUT2D eigenvalue weighted by atomic mass is 32.1. The Morgan fingerprint density at radius 2 is 1.88 bits per heavy atom. The predicted molar refractivity (Wildman–Crippen MR) is 132 cm³/mol. The van der Waals surface area contributed by atoms with E-state index in [9.17, 15) is 9.59 Å². The van der Waals surface area contributed by atoms with E-state index in [2.05, 4.69) is 32.2 Å². The van der Waals surface area contributed by atoms with Crippen LogP contribution in [0.15, 0.2) is 24.4 Å². The number of pyridine rings is 1. The van der Waals surface area contributed by atoms with Crippen LogP contribution in [0.2, 0.25) is 0 Å². The second-order valence-corrected chi connectivity index (χ2v) is 10.2. The van der Waals surface area contributed by atoms with Crippen LogP contribution in [0.4, 0.5) is 5.69 Å². The molecule has 0 radical (unpaired) electrons. The number of carbonyl (C=O) groups excluding carboxylic acids is 2. The lowest BCUT2D eigenvalue weighted by molar-refractivity contribution is 0.0675.